The standard InChI is InChI=1S/C14H27N3O/c1-2-5-13(15)14(18)17-10-8-16(9-11-17)12-6-3-4-7-12/h12-13H,2-11,15H2,1H3. The summed E-state index contributed by atoms with van der Waals surface area (Å²) in [4.78, 5) is 16.6. The number of carbonyl (C=O) groups excluding carboxylic acids is 1. The number of hydrogen-bond donors (Lipinski definition) is 1. The summed E-state index contributed by atoms with van der Waals surface area (Å²) in [5, 5.41) is 0. The van der Waals surface area contributed by atoms with Crippen LogP contribution in [0, 0.1) is 0 Å². The molecule has 0 aromatic rings. The van der Waals surface area contributed by atoms with Crippen LogP contribution < -0.4 is 5.73 Å². The van der Waals surface area contributed by atoms with Gasteiger partial charge in [-0.25, -0.2) is 0 Å². The fourth-order valence-electron chi connectivity index (χ4n) is 3.25. The first kappa shape index (κ1) is 13.8. The minimum Gasteiger partial charge on any atom is -0.339 e. The summed E-state index contributed by atoms with van der Waals surface area (Å²) in [5.41, 5.74) is 5.91. The third-order valence-corrected chi connectivity index (χ3v) is 4.38. The van der Waals surface area contributed by atoms with E-state index in [0.29, 0.717) is 0 Å². The van der Waals surface area contributed by atoms with Gasteiger partial charge < -0.3 is 10.6 Å². The van der Waals surface area contributed by atoms with Crippen LogP contribution in [0.3, 0.4) is 0 Å². The van der Waals surface area contributed by atoms with Crippen LogP contribution in [-0.2, 0) is 4.79 Å². The SMILES string of the molecule is CCCC(N)C(=O)N1CCN(C2CCCC2)CC1. The Labute approximate surface area is 110 Å². The molecule has 1 atom stereocenters. The van der Waals surface area contributed by atoms with Crippen molar-refractivity contribution in [3.63, 3.8) is 0 Å². The van der Waals surface area contributed by atoms with Crippen molar-refractivity contribution in [1.29, 1.82) is 0 Å². The van der Waals surface area contributed by atoms with Crippen LogP contribution in [-0.4, -0.2) is 54.0 Å². The maximum Gasteiger partial charge on any atom is 0.239 e. The van der Waals surface area contributed by atoms with Crippen LogP contribution in [0.4, 0.5) is 0 Å². The maximum absolute atomic E-state index is 12.1. The van der Waals surface area contributed by atoms with Crippen molar-refractivity contribution in [3.8, 4) is 0 Å². The van der Waals surface area contributed by atoms with Gasteiger partial charge in [0, 0.05) is 32.2 Å². The van der Waals surface area contributed by atoms with E-state index < -0.39 is 0 Å². The Morgan fingerprint density at radius 1 is 1.22 bits per heavy atom. The summed E-state index contributed by atoms with van der Waals surface area (Å²) in [6, 6.07) is 0.500. The van der Waals surface area contributed by atoms with Gasteiger partial charge in [-0.3, -0.25) is 9.69 Å². The lowest BCUT2D eigenvalue weighted by Crippen LogP contribution is -2.54. The molecular formula is C14H27N3O. The molecule has 4 nitrogen and oxygen atoms in total. The molecule has 104 valence electrons. The van der Waals surface area contributed by atoms with E-state index in [0.717, 1.165) is 45.1 Å². The Morgan fingerprint density at radius 2 is 1.83 bits per heavy atom. The first-order valence-corrected chi connectivity index (χ1v) is 7.50. The van der Waals surface area contributed by atoms with E-state index in [4.69, 9.17) is 5.73 Å². The molecule has 0 aromatic carbocycles. The molecule has 1 saturated carbocycles. The van der Waals surface area contributed by atoms with Gasteiger partial charge in [0.1, 0.15) is 0 Å². The molecule has 2 aliphatic rings. The summed E-state index contributed by atoms with van der Waals surface area (Å²) in [7, 11) is 0. The van der Waals surface area contributed by atoms with Gasteiger partial charge in [-0.05, 0) is 19.3 Å². The van der Waals surface area contributed by atoms with E-state index >= 15 is 0 Å². The van der Waals surface area contributed by atoms with Crippen molar-refractivity contribution in [3.05, 3.63) is 0 Å². The largest absolute Gasteiger partial charge is 0.339 e. The Kier molecular flexibility index (Phi) is 5.01. The zero-order chi connectivity index (χ0) is 13.0. The molecule has 0 aromatic heterocycles. The Hall–Kier alpha value is -0.610. The van der Waals surface area contributed by atoms with Gasteiger partial charge in [0.25, 0.3) is 0 Å². The fourth-order valence-corrected chi connectivity index (χ4v) is 3.25. The highest BCUT2D eigenvalue weighted by molar-refractivity contribution is 5.81. The molecule has 1 saturated heterocycles. The van der Waals surface area contributed by atoms with Crippen LogP contribution >= 0.6 is 0 Å². The second kappa shape index (κ2) is 6.53. The first-order chi connectivity index (χ1) is 8.72. The number of hydrogen-bond acceptors (Lipinski definition) is 3. The first-order valence-electron chi connectivity index (χ1n) is 7.50. The minimum absolute atomic E-state index is 0.155. The lowest BCUT2D eigenvalue weighted by atomic mass is 10.1. The summed E-state index contributed by atoms with van der Waals surface area (Å²) >= 11 is 0. The van der Waals surface area contributed by atoms with Gasteiger partial charge in [-0.15, -0.1) is 0 Å². The van der Waals surface area contributed by atoms with Crippen molar-refractivity contribution in [2.24, 2.45) is 5.73 Å². The monoisotopic (exact) mass is 253 g/mol. The lowest BCUT2D eigenvalue weighted by Gasteiger charge is -2.38. The molecule has 2 N–H and O–H groups in total. The molecule has 0 radical (unpaired) electrons. The lowest BCUT2D eigenvalue weighted by molar-refractivity contribution is -0.134. The summed E-state index contributed by atoms with van der Waals surface area (Å²) in [6.07, 6.45) is 7.25. The van der Waals surface area contributed by atoms with E-state index in [9.17, 15) is 4.79 Å². The van der Waals surface area contributed by atoms with Gasteiger partial charge in [0.15, 0.2) is 0 Å². The van der Waals surface area contributed by atoms with E-state index in [-0.39, 0.29) is 11.9 Å². The molecule has 1 heterocycles. The smallest absolute Gasteiger partial charge is 0.239 e. The maximum atomic E-state index is 12.1. The molecule has 2 fully saturated rings. The molecule has 1 aliphatic heterocycles. The number of piperazine rings is 1. The minimum atomic E-state index is -0.284. The van der Waals surface area contributed by atoms with Crippen molar-refractivity contribution < 1.29 is 4.79 Å². The molecule has 18 heavy (non-hydrogen) atoms. The summed E-state index contributed by atoms with van der Waals surface area (Å²) in [6.45, 7) is 5.88. The predicted octanol–water partition coefficient (Wildman–Crippen LogP) is 1.20. The Balaban J connectivity index is 1.77. The van der Waals surface area contributed by atoms with Crippen molar-refractivity contribution in [1.82, 2.24) is 9.80 Å². The van der Waals surface area contributed by atoms with Crippen LogP contribution in [0.5, 0.6) is 0 Å². The molecule has 4 heteroatoms. The van der Waals surface area contributed by atoms with E-state index in [2.05, 4.69) is 11.8 Å². The molecule has 1 amide bonds. The number of carbonyl (C=O) groups is 1. The topological polar surface area (TPSA) is 49.6 Å². The third-order valence-electron chi connectivity index (χ3n) is 4.38. The number of nitrogens with zero attached hydrogens (tertiary/aromatic N) is 2. The average Bonchev–Trinajstić information content (AvgIpc) is 2.92. The molecule has 1 unspecified atom stereocenters. The van der Waals surface area contributed by atoms with Crippen LogP contribution in [0.25, 0.3) is 0 Å². The quantitative estimate of drug-likeness (QED) is 0.819. The van der Waals surface area contributed by atoms with Gasteiger partial charge in [-0.2, -0.15) is 0 Å². The van der Waals surface area contributed by atoms with Crippen LogP contribution in [0.1, 0.15) is 45.4 Å². The second-order valence-corrected chi connectivity index (χ2v) is 5.69. The highest BCUT2D eigenvalue weighted by atomic mass is 16.2. The van der Waals surface area contributed by atoms with Gasteiger partial charge in [0.05, 0.1) is 6.04 Å². The van der Waals surface area contributed by atoms with Crippen LogP contribution in [0.2, 0.25) is 0 Å². The number of nitrogens with two attached hydrogens (primary N) is 1. The summed E-state index contributed by atoms with van der Waals surface area (Å²) < 4.78 is 0. The Morgan fingerprint density at radius 3 is 2.39 bits per heavy atom. The fraction of sp³-hybridized carbons (Fsp3) is 0.929. The zero-order valence-electron chi connectivity index (χ0n) is 11.6. The molecular weight excluding hydrogens is 226 g/mol. The summed E-state index contributed by atoms with van der Waals surface area (Å²) in [5.74, 6) is 0.155. The Bertz CT molecular complexity index is 268. The molecule has 0 bridgehead atoms. The van der Waals surface area contributed by atoms with Crippen molar-refractivity contribution >= 4 is 5.91 Å². The van der Waals surface area contributed by atoms with Crippen LogP contribution in [0.15, 0.2) is 0 Å². The molecule has 1 aliphatic carbocycles. The normalized spacial score (nSPS) is 24.4. The third kappa shape index (κ3) is 3.23. The zero-order valence-corrected chi connectivity index (χ0v) is 11.6. The van der Waals surface area contributed by atoms with Crippen molar-refractivity contribution in [2.75, 3.05) is 26.2 Å². The van der Waals surface area contributed by atoms with Gasteiger partial charge >= 0.3 is 0 Å². The van der Waals surface area contributed by atoms with E-state index in [1.807, 2.05) is 4.90 Å². The highest BCUT2D eigenvalue weighted by Crippen LogP contribution is 2.24. The van der Waals surface area contributed by atoms with E-state index in [1.54, 1.807) is 0 Å². The van der Waals surface area contributed by atoms with Gasteiger partial charge in [0.2, 0.25) is 5.91 Å². The van der Waals surface area contributed by atoms with E-state index in [1.165, 1.54) is 25.7 Å². The molecule has 2 rings (SSSR count). The highest BCUT2D eigenvalue weighted by Gasteiger charge is 2.29. The second-order valence-electron chi connectivity index (χ2n) is 5.69. The number of rotatable bonds is 4. The molecule has 0 spiro atoms. The van der Waals surface area contributed by atoms with Crippen molar-refractivity contribution in [2.45, 2.75) is 57.5 Å². The van der Waals surface area contributed by atoms with Gasteiger partial charge in [-0.1, -0.05) is 26.2 Å². The number of amides is 1. The predicted molar refractivity (Wildman–Crippen MR) is 73.3 cm³/mol. The average molecular weight is 253 g/mol.